The third kappa shape index (κ3) is 4.71. The van der Waals surface area contributed by atoms with Crippen molar-refractivity contribution in [1.82, 2.24) is 29.8 Å². The Hall–Kier alpha value is -1.35. The summed E-state index contributed by atoms with van der Waals surface area (Å²) in [6.45, 7) is 5.05. The third-order valence-corrected chi connectivity index (χ3v) is 7.28. The van der Waals surface area contributed by atoms with Crippen LogP contribution < -0.4 is 0 Å². The SMILES string of the molecule is CN(C)Cc1cn([C@@H]2C[C@@H]3CN(Cc4cscn4)C[C@@H]3C[C@H]2OCC2CC2)nn1. The Morgan fingerprint density at radius 1 is 1.17 bits per heavy atom. The molecule has 1 aliphatic heterocycles. The monoisotopic (exact) mass is 416 g/mol. The number of hydrogen-bond donors (Lipinski definition) is 0. The Labute approximate surface area is 177 Å². The van der Waals surface area contributed by atoms with Crippen LogP contribution in [0, 0.1) is 17.8 Å². The van der Waals surface area contributed by atoms with Gasteiger partial charge in [0.05, 0.1) is 35.2 Å². The quantitative estimate of drug-likeness (QED) is 0.659. The van der Waals surface area contributed by atoms with Gasteiger partial charge in [-0.2, -0.15) is 0 Å². The predicted molar refractivity (Wildman–Crippen MR) is 113 cm³/mol. The van der Waals surface area contributed by atoms with E-state index in [1.54, 1.807) is 11.3 Å². The van der Waals surface area contributed by atoms with Gasteiger partial charge in [0.1, 0.15) is 0 Å². The van der Waals surface area contributed by atoms with Gasteiger partial charge in [-0.25, -0.2) is 9.67 Å². The predicted octanol–water partition coefficient (Wildman–Crippen LogP) is 2.67. The highest BCUT2D eigenvalue weighted by atomic mass is 32.1. The summed E-state index contributed by atoms with van der Waals surface area (Å²) in [7, 11) is 4.14. The molecule has 3 fully saturated rings. The van der Waals surface area contributed by atoms with Crippen molar-refractivity contribution in [2.75, 3.05) is 33.8 Å². The van der Waals surface area contributed by atoms with Crippen molar-refractivity contribution < 1.29 is 4.74 Å². The van der Waals surface area contributed by atoms with Crippen molar-refractivity contribution >= 4 is 11.3 Å². The first-order valence-corrected chi connectivity index (χ1v) is 11.8. The Kier molecular flexibility index (Phi) is 5.69. The van der Waals surface area contributed by atoms with E-state index in [0.717, 1.165) is 56.6 Å². The highest BCUT2D eigenvalue weighted by molar-refractivity contribution is 7.07. The first kappa shape index (κ1) is 19.6. The molecule has 0 bridgehead atoms. The molecular formula is C21H32N6OS. The molecule has 158 valence electrons. The van der Waals surface area contributed by atoms with Gasteiger partial charge in [0.2, 0.25) is 0 Å². The molecule has 4 atom stereocenters. The zero-order chi connectivity index (χ0) is 19.8. The summed E-state index contributed by atoms with van der Waals surface area (Å²) in [6, 6.07) is 0.303. The van der Waals surface area contributed by atoms with E-state index in [1.807, 2.05) is 5.51 Å². The minimum absolute atomic E-state index is 0.255. The molecule has 2 aromatic heterocycles. The standard InChI is InChI=1S/C21H32N6OS/c1-25(2)9-18-11-27(24-23-18)20-5-16-7-26(10-19-13-29-14-22-19)8-17(16)6-21(20)28-12-15-3-4-15/h11,13-17,20-21H,3-10,12H2,1-2H3/t16-,17+,20-,21-/m1/s1. The van der Waals surface area contributed by atoms with Crippen molar-refractivity contribution in [3.8, 4) is 0 Å². The van der Waals surface area contributed by atoms with E-state index in [1.165, 1.54) is 25.1 Å². The van der Waals surface area contributed by atoms with E-state index >= 15 is 0 Å². The van der Waals surface area contributed by atoms with Gasteiger partial charge in [0.25, 0.3) is 0 Å². The largest absolute Gasteiger partial charge is 0.376 e. The Morgan fingerprint density at radius 2 is 2.00 bits per heavy atom. The number of likely N-dealkylation sites (tertiary alicyclic amines) is 1. The lowest BCUT2D eigenvalue weighted by Gasteiger charge is -2.37. The second kappa shape index (κ2) is 8.41. The van der Waals surface area contributed by atoms with Crippen molar-refractivity contribution in [1.29, 1.82) is 0 Å². The first-order valence-electron chi connectivity index (χ1n) is 10.9. The summed E-state index contributed by atoms with van der Waals surface area (Å²) in [4.78, 5) is 9.21. The van der Waals surface area contributed by atoms with Crippen LogP contribution in [0.1, 0.15) is 43.1 Å². The van der Waals surface area contributed by atoms with Gasteiger partial charge in [-0.05, 0) is 57.5 Å². The van der Waals surface area contributed by atoms with Crippen LogP contribution in [0.15, 0.2) is 17.1 Å². The van der Waals surface area contributed by atoms with Gasteiger partial charge in [0.15, 0.2) is 0 Å². The van der Waals surface area contributed by atoms with Crippen LogP contribution in [-0.2, 0) is 17.8 Å². The van der Waals surface area contributed by atoms with Crippen molar-refractivity contribution in [2.24, 2.45) is 17.8 Å². The number of fused-ring (bicyclic) bond motifs is 1. The number of nitrogens with zero attached hydrogens (tertiary/aromatic N) is 6. The number of ether oxygens (including phenoxy) is 1. The van der Waals surface area contributed by atoms with Crippen LogP contribution >= 0.6 is 11.3 Å². The fourth-order valence-corrected chi connectivity index (χ4v) is 5.58. The number of hydrogen-bond acceptors (Lipinski definition) is 7. The summed E-state index contributed by atoms with van der Waals surface area (Å²) in [5.74, 6) is 2.22. The molecule has 0 radical (unpaired) electrons. The number of aromatic nitrogens is 4. The van der Waals surface area contributed by atoms with Crippen molar-refractivity contribution in [2.45, 2.75) is 50.9 Å². The maximum Gasteiger partial charge on any atom is 0.0967 e. The summed E-state index contributed by atoms with van der Waals surface area (Å²) in [5.41, 5.74) is 4.18. The molecule has 0 aromatic carbocycles. The van der Waals surface area contributed by atoms with Crippen molar-refractivity contribution in [3.05, 3.63) is 28.5 Å². The lowest BCUT2D eigenvalue weighted by molar-refractivity contribution is -0.0375. The average Bonchev–Trinajstić information content (AvgIpc) is 3.06. The van der Waals surface area contributed by atoms with Gasteiger partial charge in [-0.3, -0.25) is 4.90 Å². The molecule has 0 unspecified atom stereocenters. The van der Waals surface area contributed by atoms with E-state index in [-0.39, 0.29) is 6.10 Å². The average molecular weight is 417 g/mol. The molecule has 29 heavy (non-hydrogen) atoms. The second-order valence-corrected chi connectivity index (χ2v) is 10.2. The highest BCUT2D eigenvalue weighted by Crippen LogP contribution is 2.43. The van der Waals surface area contributed by atoms with E-state index in [4.69, 9.17) is 4.74 Å². The highest BCUT2D eigenvalue weighted by Gasteiger charge is 2.44. The molecule has 2 aromatic rings. The molecule has 7 nitrogen and oxygen atoms in total. The van der Waals surface area contributed by atoms with Crippen LogP contribution in [-0.4, -0.2) is 69.7 Å². The first-order chi connectivity index (χ1) is 14.1. The molecule has 8 heteroatoms. The van der Waals surface area contributed by atoms with Crippen LogP contribution in [0.2, 0.25) is 0 Å². The maximum absolute atomic E-state index is 6.49. The Morgan fingerprint density at radius 3 is 2.72 bits per heavy atom. The summed E-state index contributed by atoms with van der Waals surface area (Å²) < 4.78 is 8.59. The minimum Gasteiger partial charge on any atom is -0.376 e. The summed E-state index contributed by atoms with van der Waals surface area (Å²) in [6.07, 6.45) is 7.34. The van der Waals surface area contributed by atoms with Crippen LogP contribution in [0.25, 0.3) is 0 Å². The lowest BCUT2D eigenvalue weighted by Crippen LogP contribution is -2.38. The summed E-state index contributed by atoms with van der Waals surface area (Å²) in [5, 5.41) is 11.1. The minimum atomic E-state index is 0.255. The molecule has 5 rings (SSSR count). The molecule has 2 aliphatic carbocycles. The molecule has 0 N–H and O–H groups in total. The molecule has 3 heterocycles. The van der Waals surface area contributed by atoms with Crippen molar-refractivity contribution in [3.63, 3.8) is 0 Å². The lowest BCUT2D eigenvalue weighted by atomic mass is 9.77. The van der Waals surface area contributed by atoms with E-state index < -0.39 is 0 Å². The fourth-order valence-electron chi connectivity index (χ4n) is 5.03. The molecule has 2 saturated carbocycles. The van der Waals surface area contributed by atoms with E-state index in [9.17, 15) is 0 Å². The zero-order valence-electron chi connectivity index (χ0n) is 17.5. The van der Waals surface area contributed by atoms with Gasteiger partial charge in [-0.1, -0.05) is 5.21 Å². The van der Waals surface area contributed by atoms with Crippen LogP contribution in [0.4, 0.5) is 0 Å². The molecule has 0 amide bonds. The Bertz CT molecular complexity index is 789. The van der Waals surface area contributed by atoms with Gasteiger partial charge in [-0.15, -0.1) is 16.4 Å². The Balaban J connectivity index is 1.28. The van der Waals surface area contributed by atoms with Gasteiger partial charge < -0.3 is 9.64 Å². The molecular weight excluding hydrogens is 384 g/mol. The van der Waals surface area contributed by atoms with Crippen LogP contribution in [0.3, 0.4) is 0 Å². The molecule has 0 spiro atoms. The number of thiazole rings is 1. The zero-order valence-corrected chi connectivity index (χ0v) is 18.3. The third-order valence-electron chi connectivity index (χ3n) is 6.65. The number of rotatable bonds is 8. The van der Waals surface area contributed by atoms with Gasteiger partial charge >= 0.3 is 0 Å². The summed E-state index contributed by atoms with van der Waals surface area (Å²) >= 11 is 1.69. The molecule has 3 aliphatic rings. The smallest absolute Gasteiger partial charge is 0.0967 e. The fraction of sp³-hybridized carbons (Fsp3) is 0.762. The topological polar surface area (TPSA) is 59.3 Å². The van der Waals surface area contributed by atoms with Crippen LogP contribution in [0.5, 0.6) is 0 Å². The second-order valence-electron chi connectivity index (χ2n) is 9.48. The van der Waals surface area contributed by atoms with Gasteiger partial charge in [0, 0.05) is 38.2 Å². The van der Waals surface area contributed by atoms with E-state index in [0.29, 0.717) is 12.0 Å². The normalized spacial score (nSPS) is 30.2. The molecule has 1 saturated heterocycles. The maximum atomic E-state index is 6.49. The van der Waals surface area contributed by atoms with E-state index in [2.05, 4.69) is 55.4 Å².